The van der Waals surface area contributed by atoms with E-state index in [2.05, 4.69) is 22.3 Å². The van der Waals surface area contributed by atoms with Gasteiger partial charge in [0.1, 0.15) is 24.2 Å². The lowest BCUT2D eigenvalue weighted by Crippen LogP contribution is -2.54. The van der Waals surface area contributed by atoms with Crippen molar-refractivity contribution in [2.24, 2.45) is 0 Å². The van der Waals surface area contributed by atoms with Gasteiger partial charge in [0.25, 0.3) is 0 Å². The lowest BCUT2D eigenvalue weighted by atomic mass is 9.83. The first-order chi connectivity index (χ1) is 12.1. The molecule has 25 heavy (non-hydrogen) atoms. The van der Waals surface area contributed by atoms with Gasteiger partial charge in [-0.1, -0.05) is 6.07 Å². The van der Waals surface area contributed by atoms with Gasteiger partial charge in [-0.2, -0.15) is 0 Å². The van der Waals surface area contributed by atoms with Gasteiger partial charge in [-0.15, -0.1) is 0 Å². The third kappa shape index (κ3) is 3.13. The Kier molecular flexibility index (Phi) is 4.19. The monoisotopic (exact) mass is 342 g/mol. The molecule has 2 amide bonds. The topological polar surface area (TPSA) is 75.7 Å². The summed E-state index contributed by atoms with van der Waals surface area (Å²) in [5.74, 6) is 1.13. The van der Waals surface area contributed by atoms with Crippen LogP contribution < -0.4 is 15.0 Å². The summed E-state index contributed by atoms with van der Waals surface area (Å²) in [5.41, 5.74) is 2.12. The first-order valence-electron chi connectivity index (χ1n) is 9.00. The van der Waals surface area contributed by atoms with E-state index >= 15 is 0 Å². The molecule has 1 aromatic carbocycles. The first-order valence-corrected chi connectivity index (χ1v) is 9.00. The van der Waals surface area contributed by atoms with Gasteiger partial charge < -0.3 is 9.64 Å². The zero-order valence-corrected chi connectivity index (χ0v) is 14.1. The van der Waals surface area contributed by atoms with Crippen LogP contribution in [0.3, 0.4) is 0 Å². The second-order valence-electron chi connectivity index (χ2n) is 7.05. The van der Waals surface area contributed by atoms with E-state index in [1.54, 1.807) is 0 Å². The number of nitrogens with zero attached hydrogens (tertiary/aromatic N) is 1. The average molecular weight is 342 g/mol. The minimum Gasteiger partial charge on any atom is -0.490 e. The van der Waals surface area contributed by atoms with Crippen molar-refractivity contribution in [1.29, 1.82) is 0 Å². The molecule has 2 heterocycles. The fourth-order valence-electron chi connectivity index (χ4n) is 4.09. The molecule has 2 aliphatic heterocycles. The Balaban J connectivity index is 1.57. The molecule has 0 unspecified atom stereocenters. The number of hydrogen-bond acceptors (Lipinski definition) is 5. The molecular formula is C19H22N2O4. The number of benzene rings is 1. The summed E-state index contributed by atoms with van der Waals surface area (Å²) in [4.78, 5) is 37.1. The third-order valence-electron chi connectivity index (χ3n) is 5.48. The van der Waals surface area contributed by atoms with Crippen LogP contribution in [0.2, 0.25) is 0 Å². The van der Waals surface area contributed by atoms with Crippen LogP contribution in [0.4, 0.5) is 5.69 Å². The first kappa shape index (κ1) is 16.1. The zero-order valence-electron chi connectivity index (χ0n) is 14.1. The molecule has 3 aliphatic rings. The normalized spacial score (nSPS) is 24.6. The Morgan fingerprint density at radius 1 is 1.04 bits per heavy atom. The lowest BCUT2D eigenvalue weighted by Gasteiger charge is -2.38. The predicted octanol–water partition coefficient (Wildman–Crippen LogP) is 1.92. The van der Waals surface area contributed by atoms with Gasteiger partial charge in [-0.3, -0.25) is 19.7 Å². The van der Waals surface area contributed by atoms with E-state index in [1.807, 2.05) is 6.07 Å². The SMILES string of the molecule is O=C1CCC(c2ccc3c(c2)OCCN3[C@@H]2CCC(=O)NC2=O)CC1. The third-order valence-corrected chi connectivity index (χ3v) is 5.48. The largest absolute Gasteiger partial charge is 0.490 e. The minimum absolute atomic E-state index is 0.197. The van der Waals surface area contributed by atoms with Gasteiger partial charge in [-0.25, -0.2) is 0 Å². The maximum absolute atomic E-state index is 12.2. The minimum atomic E-state index is -0.321. The number of imide groups is 1. The Morgan fingerprint density at radius 2 is 1.84 bits per heavy atom. The van der Waals surface area contributed by atoms with E-state index in [1.165, 1.54) is 5.56 Å². The van der Waals surface area contributed by atoms with Gasteiger partial charge in [0.05, 0.1) is 12.2 Å². The highest BCUT2D eigenvalue weighted by atomic mass is 16.5. The summed E-state index contributed by atoms with van der Waals surface area (Å²) in [7, 11) is 0. The molecule has 0 aromatic heterocycles. The van der Waals surface area contributed by atoms with E-state index in [4.69, 9.17) is 4.74 Å². The number of ether oxygens (including phenoxy) is 1. The van der Waals surface area contributed by atoms with E-state index in [-0.39, 0.29) is 17.9 Å². The Morgan fingerprint density at radius 3 is 2.60 bits per heavy atom. The molecule has 1 aliphatic carbocycles. The Hall–Kier alpha value is -2.37. The number of carbonyl (C=O) groups is 3. The van der Waals surface area contributed by atoms with Crippen molar-refractivity contribution in [3.8, 4) is 5.75 Å². The number of rotatable bonds is 2. The highest BCUT2D eigenvalue weighted by Crippen LogP contribution is 2.39. The lowest BCUT2D eigenvalue weighted by molar-refractivity contribution is -0.134. The summed E-state index contributed by atoms with van der Waals surface area (Å²) in [6.07, 6.45) is 4.02. The molecule has 6 heteroatoms. The van der Waals surface area contributed by atoms with E-state index in [0.717, 1.165) is 24.3 Å². The highest BCUT2D eigenvalue weighted by molar-refractivity contribution is 6.01. The summed E-state index contributed by atoms with van der Waals surface area (Å²) in [5, 5.41) is 2.43. The predicted molar refractivity (Wildman–Crippen MR) is 91.7 cm³/mol. The van der Waals surface area contributed by atoms with Crippen molar-refractivity contribution in [2.45, 2.75) is 50.5 Å². The number of Topliss-reactive ketones (excluding diaryl/α,β-unsaturated/α-hetero) is 1. The molecule has 1 saturated heterocycles. The quantitative estimate of drug-likeness (QED) is 0.831. The van der Waals surface area contributed by atoms with Crippen LogP contribution in [0, 0.1) is 0 Å². The second kappa shape index (κ2) is 6.50. The average Bonchev–Trinajstić information content (AvgIpc) is 2.62. The molecule has 1 saturated carbocycles. The fourth-order valence-corrected chi connectivity index (χ4v) is 4.09. The van der Waals surface area contributed by atoms with Gasteiger partial charge in [0, 0.05) is 19.3 Å². The van der Waals surface area contributed by atoms with Gasteiger partial charge >= 0.3 is 0 Å². The zero-order chi connectivity index (χ0) is 17.4. The summed E-state index contributed by atoms with van der Waals surface area (Å²) in [6.45, 7) is 1.16. The number of anilines is 1. The molecule has 1 atom stereocenters. The van der Waals surface area contributed by atoms with Crippen molar-refractivity contribution in [2.75, 3.05) is 18.1 Å². The molecule has 0 spiro atoms. The smallest absolute Gasteiger partial charge is 0.249 e. The standard InChI is InChI=1S/C19H22N2O4/c22-14-4-1-12(2-5-14)13-3-6-15-17(11-13)25-10-9-21(15)16-7-8-18(23)20-19(16)24/h3,6,11-12,16H,1-2,4-5,7-10H2,(H,20,23,24)/t16-/m1/s1. The van der Waals surface area contributed by atoms with Crippen molar-refractivity contribution in [3.05, 3.63) is 23.8 Å². The molecule has 1 N–H and O–H groups in total. The van der Waals surface area contributed by atoms with Crippen LogP contribution in [0.1, 0.15) is 50.0 Å². The fraction of sp³-hybridized carbons (Fsp3) is 0.526. The van der Waals surface area contributed by atoms with Crippen molar-refractivity contribution >= 4 is 23.3 Å². The van der Waals surface area contributed by atoms with E-state index in [0.29, 0.717) is 50.5 Å². The van der Waals surface area contributed by atoms with Crippen LogP contribution in [0.25, 0.3) is 0 Å². The van der Waals surface area contributed by atoms with E-state index in [9.17, 15) is 14.4 Å². The molecule has 6 nitrogen and oxygen atoms in total. The molecule has 0 radical (unpaired) electrons. The molecular weight excluding hydrogens is 320 g/mol. The Bertz CT molecular complexity index is 720. The van der Waals surface area contributed by atoms with Crippen LogP contribution in [0.15, 0.2) is 18.2 Å². The van der Waals surface area contributed by atoms with Crippen LogP contribution in [-0.2, 0) is 14.4 Å². The van der Waals surface area contributed by atoms with Gasteiger partial charge in [0.2, 0.25) is 11.8 Å². The molecule has 4 rings (SSSR count). The van der Waals surface area contributed by atoms with Crippen LogP contribution >= 0.6 is 0 Å². The number of amides is 2. The van der Waals surface area contributed by atoms with Crippen molar-refractivity contribution in [3.63, 3.8) is 0 Å². The number of hydrogen-bond donors (Lipinski definition) is 1. The second-order valence-corrected chi connectivity index (χ2v) is 7.05. The van der Waals surface area contributed by atoms with Crippen LogP contribution in [0.5, 0.6) is 5.75 Å². The maximum atomic E-state index is 12.2. The number of ketones is 1. The highest BCUT2D eigenvalue weighted by Gasteiger charge is 2.34. The number of carbonyl (C=O) groups excluding carboxylic acids is 3. The Labute approximate surface area is 146 Å². The molecule has 132 valence electrons. The van der Waals surface area contributed by atoms with Crippen LogP contribution in [-0.4, -0.2) is 36.8 Å². The number of fused-ring (bicyclic) bond motifs is 1. The summed E-state index contributed by atoms with van der Waals surface area (Å²) < 4.78 is 5.85. The number of nitrogens with one attached hydrogen (secondary N) is 1. The molecule has 0 bridgehead atoms. The molecule has 2 fully saturated rings. The number of piperidine rings is 1. The van der Waals surface area contributed by atoms with Gasteiger partial charge in [0.15, 0.2) is 0 Å². The van der Waals surface area contributed by atoms with Crippen molar-refractivity contribution in [1.82, 2.24) is 5.32 Å². The molecule has 1 aromatic rings. The maximum Gasteiger partial charge on any atom is 0.249 e. The summed E-state index contributed by atoms with van der Waals surface area (Å²) in [6, 6.07) is 5.85. The summed E-state index contributed by atoms with van der Waals surface area (Å²) >= 11 is 0. The van der Waals surface area contributed by atoms with E-state index < -0.39 is 0 Å². The van der Waals surface area contributed by atoms with Crippen molar-refractivity contribution < 1.29 is 19.1 Å². The van der Waals surface area contributed by atoms with Gasteiger partial charge in [-0.05, 0) is 42.9 Å².